The lowest BCUT2D eigenvalue weighted by Crippen LogP contribution is -2.50. The van der Waals surface area contributed by atoms with E-state index in [1.54, 1.807) is 6.92 Å². The SMILES string of the molecule is CCCN(CC(=O)Nc1ccc(F)c(F)c1F)C(=O)C(C)NC(N)=O. The van der Waals surface area contributed by atoms with Gasteiger partial charge >= 0.3 is 6.03 Å². The molecule has 0 aliphatic carbocycles. The van der Waals surface area contributed by atoms with E-state index < -0.39 is 53.6 Å². The number of primary amides is 1. The summed E-state index contributed by atoms with van der Waals surface area (Å²) in [4.78, 5) is 36.2. The number of carbonyl (C=O) groups excluding carboxylic acids is 3. The van der Waals surface area contributed by atoms with Gasteiger partial charge in [-0.15, -0.1) is 0 Å². The van der Waals surface area contributed by atoms with Crippen LogP contribution in [0.2, 0.25) is 0 Å². The van der Waals surface area contributed by atoms with Gasteiger partial charge in [-0.1, -0.05) is 6.92 Å². The third kappa shape index (κ3) is 5.66. The zero-order chi connectivity index (χ0) is 19.1. The number of nitrogens with zero attached hydrogens (tertiary/aromatic N) is 1. The van der Waals surface area contributed by atoms with Crippen molar-refractivity contribution >= 4 is 23.5 Å². The number of nitrogens with one attached hydrogen (secondary N) is 2. The molecule has 0 spiro atoms. The normalized spacial score (nSPS) is 11.6. The Morgan fingerprint density at radius 3 is 2.40 bits per heavy atom. The molecule has 0 radical (unpaired) electrons. The number of urea groups is 1. The molecule has 1 unspecified atom stereocenters. The molecule has 4 N–H and O–H groups in total. The second-order valence-corrected chi connectivity index (χ2v) is 5.26. The Kier molecular flexibility index (Phi) is 7.22. The average Bonchev–Trinajstić information content (AvgIpc) is 2.53. The summed E-state index contributed by atoms with van der Waals surface area (Å²) in [6, 6.07) is -0.320. The minimum atomic E-state index is -1.71. The van der Waals surface area contributed by atoms with Crippen LogP contribution in [0.4, 0.5) is 23.7 Å². The number of benzene rings is 1. The lowest BCUT2D eigenvalue weighted by molar-refractivity contribution is -0.136. The highest BCUT2D eigenvalue weighted by molar-refractivity contribution is 5.95. The van der Waals surface area contributed by atoms with Crippen LogP contribution in [0.3, 0.4) is 0 Å². The molecule has 0 fully saturated rings. The van der Waals surface area contributed by atoms with Crippen molar-refractivity contribution in [3.63, 3.8) is 0 Å². The van der Waals surface area contributed by atoms with Crippen LogP contribution in [0.15, 0.2) is 12.1 Å². The molecule has 0 aromatic heterocycles. The van der Waals surface area contributed by atoms with Crippen molar-refractivity contribution in [3.05, 3.63) is 29.6 Å². The first-order chi connectivity index (χ1) is 11.7. The number of nitrogens with two attached hydrogens (primary N) is 1. The Labute approximate surface area is 142 Å². The number of hydrogen-bond donors (Lipinski definition) is 3. The van der Waals surface area contributed by atoms with Gasteiger partial charge in [0.15, 0.2) is 17.5 Å². The second kappa shape index (κ2) is 8.90. The van der Waals surface area contributed by atoms with E-state index in [1.807, 2.05) is 0 Å². The number of amides is 4. The third-order valence-electron chi connectivity index (χ3n) is 3.18. The molecule has 1 aromatic rings. The fourth-order valence-electron chi connectivity index (χ4n) is 2.07. The predicted octanol–water partition coefficient (Wildman–Crippen LogP) is 1.34. The van der Waals surface area contributed by atoms with Gasteiger partial charge in [-0.05, 0) is 25.5 Å². The molecule has 7 nitrogen and oxygen atoms in total. The van der Waals surface area contributed by atoms with Crippen LogP contribution in [0.1, 0.15) is 20.3 Å². The van der Waals surface area contributed by atoms with Gasteiger partial charge in [0.1, 0.15) is 6.04 Å². The van der Waals surface area contributed by atoms with Crippen LogP contribution in [0, 0.1) is 17.5 Å². The van der Waals surface area contributed by atoms with E-state index in [0.29, 0.717) is 12.5 Å². The van der Waals surface area contributed by atoms with Crippen molar-refractivity contribution in [1.82, 2.24) is 10.2 Å². The third-order valence-corrected chi connectivity index (χ3v) is 3.18. The molecule has 0 saturated carbocycles. The standard InChI is InChI=1S/C15H19F3N4O3/c1-3-6-22(14(24)8(2)20-15(19)25)7-11(23)21-10-5-4-9(16)12(17)13(10)18/h4-5,8H,3,6-7H2,1-2H3,(H,21,23)(H3,19,20,25). The van der Waals surface area contributed by atoms with Crippen LogP contribution < -0.4 is 16.4 Å². The van der Waals surface area contributed by atoms with Gasteiger partial charge in [0.25, 0.3) is 0 Å². The van der Waals surface area contributed by atoms with E-state index in [-0.39, 0.29) is 6.54 Å². The average molecular weight is 360 g/mol. The monoisotopic (exact) mass is 360 g/mol. The molecule has 0 saturated heterocycles. The van der Waals surface area contributed by atoms with E-state index in [1.165, 1.54) is 6.92 Å². The molecule has 4 amide bonds. The zero-order valence-corrected chi connectivity index (χ0v) is 13.7. The van der Waals surface area contributed by atoms with Gasteiger partial charge in [0.2, 0.25) is 11.8 Å². The fourth-order valence-corrected chi connectivity index (χ4v) is 2.07. The summed E-state index contributed by atoms with van der Waals surface area (Å²) in [7, 11) is 0. The van der Waals surface area contributed by atoms with Gasteiger partial charge in [0.05, 0.1) is 12.2 Å². The van der Waals surface area contributed by atoms with Gasteiger partial charge in [0, 0.05) is 6.54 Å². The molecule has 10 heteroatoms. The number of anilines is 1. The highest BCUT2D eigenvalue weighted by atomic mass is 19.2. The highest BCUT2D eigenvalue weighted by Crippen LogP contribution is 2.19. The summed E-state index contributed by atoms with van der Waals surface area (Å²) in [6.07, 6.45) is 0.516. The fraction of sp³-hybridized carbons (Fsp3) is 0.400. The Morgan fingerprint density at radius 2 is 1.84 bits per heavy atom. The molecule has 1 aromatic carbocycles. The molecular formula is C15H19F3N4O3. The van der Waals surface area contributed by atoms with Crippen LogP contribution >= 0.6 is 0 Å². The van der Waals surface area contributed by atoms with E-state index in [0.717, 1.165) is 11.0 Å². The number of rotatable bonds is 7. The molecule has 25 heavy (non-hydrogen) atoms. The Hall–Kier alpha value is -2.78. The van der Waals surface area contributed by atoms with Crippen LogP contribution in [0.25, 0.3) is 0 Å². The molecule has 0 aliphatic rings. The smallest absolute Gasteiger partial charge is 0.312 e. The quantitative estimate of drug-likeness (QED) is 0.639. The zero-order valence-electron chi connectivity index (χ0n) is 13.7. The lowest BCUT2D eigenvalue weighted by Gasteiger charge is -2.25. The maximum Gasteiger partial charge on any atom is 0.312 e. The summed E-state index contributed by atoms with van der Waals surface area (Å²) in [5, 5.41) is 4.27. The lowest BCUT2D eigenvalue weighted by atomic mass is 10.2. The van der Waals surface area contributed by atoms with Crippen LogP contribution in [0.5, 0.6) is 0 Å². The first-order valence-electron chi connectivity index (χ1n) is 7.45. The van der Waals surface area contributed by atoms with Gasteiger partial charge in [-0.3, -0.25) is 9.59 Å². The molecular weight excluding hydrogens is 341 g/mol. The molecule has 0 bridgehead atoms. The summed E-state index contributed by atoms with van der Waals surface area (Å²) in [6.45, 7) is 2.88. The highest BCUT2D eigenvalue weighted by Gasteiger charge is 2.23. The number of halogens is 3. The van der Waals surface area contributed by atoms with Gasteiger partial charge in [-0.25, -0.2) is 18.0 Å². The van der Waals surface area contributed by atoms with E-state index >= 15 is 0 Å². The van der Waals surface area contributed by atoms with Crippen molar-refractivity contribution < 1.29 is 27.6 Å². The summed E-state index contributed by atoms with van der Waals surface area (Å²) < 4.78 is 39.6. The van der Waals surface area contributed by atoms with Crippen molar-refractivity contribution in [2.24, 2.45) is 5.73 Å². The largest absolute Gasteiger partial charge is 0.352 e. The van der Waals surface area contributed by atoms with E-state index in [4.69, 9.17) is 5.73 Å². The first-order valence-corrected chi connectivity index (χ1v) is 7.45. The first kappa shape index (κ1) is 20.3. The van der Waals surface area contributed by atoms with Crippen molar-refractivity contribution in [2.75, 3.05) is 18.4 Å². The van der Waals surface area contributed by atoms with E-state index in [2.05, 4.69) is 10.6 Å². The number of hydrogen-bond acceptors (Lipinski definition) is 3. The minimum absolute atomic E-state index is 0.192. The predicted molar refractivity (Wildman–Crippen MR) is 84.0 cm³/mol. The van der Waals surface area contributed by atoms with Gasteiger partial charge < -0.3 is 21.3 Å². The minimum Gasteiger partial charge on any atom is -0.352 e. The Morgan fingerprint density at radius 1 is 1.20 bits per heavy atom. The van der Waals surface area contributed by atoms with E-state index in [9.17, 15) is 27.6 Å². The molecule has 0 heterocycles. The summed E-state index contributed by atoms with van der Waals surface area (Å²) >= 11 is 0. The maximum absolute atomic E-state index is 13.6. The topological polar surface area (TPSA) is 105 Å². The summed E-state index contributed by atoms with van der Waals surface area (Å²) in [5.74, 6) is -6.01. The molecule has 138 valence electrons. The van der Waals surface area contributed by atoms with Crippen molar-refractivity contribution in [1.29, 1.82) is 0 Å². The van der Waals surface area contributed by atoms with Crippen LogP contribution in [-0.4, -0.2) is 41.9 Å². The second-order valence-electron chi connectivity index (χ2n) is 5.26. The van der Waals surface area contributed by atoms with Crippen LogP contribution in [-0.2, 0) is 9.59 Å². The van der Waals surface area contributed by atoms with Crippen molar-refractivity contribution in [3.8, 4) is 0 Å². The maximum atomic E-state index is 13.6. The van der Waals surface area contributed by atoms with Crippen molar-refractivity contribution in [2.45, 2.75) is 26.3 Å². The number of carbonyl (C=O) groups is 3. The molecule has 1 atom stereocenters. The molecule has 0 aliphatic heterocycles. The Bertz CT molecular complexity index is 670. The Balaban J connectivity index is 2.81. The summed E-state index contributed by atoms with van der Waals surface area (Å²) in [5.41, 5.74) is 4.40. The molecule has 1 rings (SSSR count). The van der Waals surface area contributed by atoms with Gasteiger partial charge in [-0.2, -0.15) is 0 Å².